The van der Waals surface area contributed by atoms with Crippen LogP contribution in [0.2, 0.25) is 0 Å². The van der Waals surface area contributed by atoms with Crippen LogP contribution in [-0.2, 0) is 11.5 Å². The molecule has 136 valence electrons. The van der Waals surface area contributed by atoms with Gasteiger partial charge in [0, 0.05) is 11.3 Å². The van der Waals surface area contributed by atoms with Crippen molar-refractivity contribution in [3.8, 4) is 23.0 Å². The summed E-state index contributed by atoms with van der Waals surface area (Å²) in [5.41, 5.74) is 2.72. The molecule has 2 aromatic carbocycles. The number of aromatic nitrogens is 2. The molecule has 0 radical (unpaired) electrons. The van der Waals surface area contributed by atoms with E-state index in [0.29, 0.717) is 34.5 Å². The maximum atomic E-state index is 13.6. The molecule has 0 amide bonds. The first-order valence-electron chi connectivity index (χ1n) is 8.50. The van der Waals surface area contributed by atoms with Crippen LogP contribution in [0.15, 0.2) is 69.6 Å². The quantitative estimate of drug-likeness (QED) is 0.418. The zero-order chi connectivity index (χ0) is 18.6. The number of rotatable bonds is 6. The largest absolute Gasteiger partial charge is 0.455 e. The molecule has 0 aliphatic rings. The Kier molecular flexibility index (Phi) is 5.07. The Bertz CT molecular complexity index is 1060. The van der Waals surface area contributed by atoms with Crippen LogP contribution >= 0.6 is 11.8 Å². The molecule has 0 aliphatic carbocycles. The molecule has 2 heterocycles. The van der Waals surface area contributed by atoms with Gasteiger partial charge in [-0.3, -0.25) is 0 Å². The summed E-state index contributed by atoms with van der Waals surface area (Å²) in [5.74, 6) is 3.22. The summed E-state index contributed by atoms with van der Waals surface area (Å²) >= 11 is 1.59. The molecule has 2 aromatic heterocycles. The third-order valence-electron chi connectivity index (χ3n) is 4.03. The van der Waals surface area contributed by atoms with Crippen molar-refractivity contribution in [1.29, 1.82) is 0 Å². The Morgan fingerprint density at radius 1 is 1.00 bits per heavy atom. The van der Waals surface area contributed by atoms with E-state index < -0.39 is 0 Å². The Labute approximate surface area is 160 Å². The molecule has 0 saturated heterocycles. The lowest BCUT2D eigenvalue weighted by atomic mass is 10.1. The van der Waals surface area contributed by atoms with E-state index in [2.05, 4.69) is 10.1 Å². The van der Waals surface area contributed by atoms with Crippen molar-refractivity contribution in [2.75, 3.05) is 0 Å². The molecule has 0 saturated carbocycles. The molecule has 0 spiro atoms. The van der Waals surface area contributed by atoms with Gasteiger partial charge in [0.05, 0.1) is 5.75 Å². The van der Waals surface area contributed by atoms with Crippen molar-refractivity contribution in [3.05, 3.63) is 83.4 Å². The summed E-state index contributed by atoms with van der Waals surface area (Å²) in [5, 5.41) is 4.03. The summed E-state index contributed by atoms with van der Waals surface area (Å²) in [6, 6.07) is 18.4. The van der Waals surface area contributed by atoms with E-state index in [0.717, 1.165) is 16.9 Å². The van der Waals surface area contributed by atoms with Gasteiger partial charge in [0.15, 0.2) is 5.76 Å². The van der Waals surface area contributed by atoms with Gasteiger partial charge >= 0.3 is 0 Å². The Hall–Kier alpha value is -2.86. The van der Waals surface area contributed by atoms with Gasteiger partial charge < -0.3 is 8.94 Å². The predicted octanol–water partition coefficient (Wildman–Crippen LogP) is 5.88. The standard InChI is InChI=1S/C21H17FN2O2S/c1-14-5-4-7-15(11-14)20-23-21(26-24-20)19-10-9-17(25-19)13-27-12-16-6-2-3-8-18(16)22/h2-11H,12-13H2,1H3. The zero-order valence-corrected chi connectivity index (χ0v) is 15.5. The minimum absolute atomic E-state index is 0.181. The molecule has 0 N–H and O–H groups in total. The van der Waals surface area contributed by atoms with E-state index in [1.807, 2.05) is 49.4 Å². The summed E-state index contributed by atoms with van der Waals surface area (Å²) in [6.45, 7) is 2.02. The first-order valence-corrected chi connectivity index (χ1v) is 9.65. The molecule has 0 unspecified atom stereocenters. The SMILES string of the molecule is Cc1cccc(-c2noc(-c3ccc(CSCc4ccccc4F)o3)n2)c1. The number of nitrogens with zero attached hydrogens (tertiary/aromatic N) is 2. The van der Waals surface area contributed by atoms with Crippen molar-refractivity contribution in [2.45, 2.75) is 18.4 Å². The second kappa shape index (κ2) is 7.80. The topological polar surface area (TPSA) is 52.1 Å². The van der Waals surface area contributed by atoms with Crippen LogP contribution in [0.25, 0.3) is 23.0 Å². The number of benzene rings is 2. The van der Waals surface area contributed by atoms with E-state index in [9.17, 15) is 4.39 Å². The van der Waals surface area contributed by atoms with Gasteiger partial charge in [0.2, 0.25) is 5.82 Å². The normalized spacial score (nSPS) is 11.0. The van der Waals surface area contributed by atoms with E-state index >= 15 is 0 Å². The second-order valence-electron chi connectivity index (χ2n) is 6.14. The average molecular weight is 380 g/mol. The zero-order valence-electron chi connectivity index (χ0n) is 14.7. The third-order valence-corrected chi connectivity index (χ3v) is 5.04. The fourth-order valence-corrected chi connectivity index (χ4v) is 3.58. The molecule has 4 rings (SSSR count). The van der Waals surface area contributed by atoms with Gasteiger partial charge in [-0.05, 0) is 36.8 Å². The molecule has 4 nitrogen and oxygen atoms in total. The first-order chi connectivity index (χ1) is 13.2. The predicted molar refractivity (Wildman–Crippen MR) is 104 cm³/mol. The third kappa shape index (κ3) is 4.11. The van der Waals surface area contributed by atoms with Crippen LogP contribution in [0.5, 0.6) is 0 Å². The fourth-order valence-electron chi connectivity index (χ4n) is 2.67. The number of furan rings is 1. The fraction of sp³-hybridized carbons (Fsp3) is 0.143. The van der Waals surface area contributed by atoms with E-state index in [1.165, 1.54) is 6.07 Å². The Balaban J connectivity index is 1.41. The van der Waals surface area contributed by atoms with Crippen LogP contribution in [0, 0.1) is 12.7 Å². The number of halogens is 1. The highest BCUT2D eigenvalue weighted by Gasteiger charge is 2.14. The van der Waals surface area contributed by atoms with Gasteiger partial charge in [-0.1, -0.05) is 47.1 Å². The lowest BCUT2D eigenvalue weighted by Gasteiger charge is -2.01. The second-order valence-corrected chi connectivity index (χ2v) is 7.13. The Morgan fingerprint density at radius 3 is 2.74 bits per heavy atom. The number of hydrogen-bond acceptors (Lipinski definition) is 5. The first kappa shape index (κ1) is 17.5. The average Bonchev–Trinajstić information content (AvgIpc) is 3.33. The van der Waals surface area contributed by atoms with E-state index in [-0.39, 0.29) is 5.82 Å². The molecule has 0 aliphatic heterocycles. The minimum Gasteiger partial charge on any atom is -0.455 e. The lowest BCUT2D eigenvalue weighted by Crippen LogP contribution is -1.86. The van der Waals surface area contributed by atoms with Crippen LogP contribution in [0.1, 0.15) is 16.9 Å². The van der Waals surface area contributed by atoms with Crippen molar-refractivity contribution < 1.29 is 13.3 Å². The van der Waals surface area contributed by atoms with Gasteiger partial charge in [0.1, 0.15) is 11.6 Å². The molecular weight excluding hydrogens is 363 g/mol. The summed E-state index contributed by atoms with van der Waals surface area (Å²) < 4.78 is 24.8. The van der Waals surface area contributed by atoms with Gasteiger partial charge in [-0.25, -0.2) is 4.39 Å². The minimum atomic E-state index is -0.181. The van der Waals surface area contributed by atoms with Crippen molar-refractivity contribution in [3.63, 3.8) is 0 Å². The molecule has 4 aromatic rings. The molecule has 0 bridgehead atoms. The van der Waals surface area contributed by atoms with Gasteiger partial charge in [0.25, 0.3) is 5.89 Å². The summed E-state index contributed by atoms with van der Waals surface area (Å²) in [6.07, 6.45) is 0. The smallest absolute Gasteiger partial charge is 0.293 e. The highest BCUT2D eigenvalue weighted by atomic mass is 32.2. The number of thioether (sulfide) groups is 1. The van der Waals surface area contributed by atoms with Crippen LogP contribution < -0.4 is 0 Å². The summed E-state index contributed by atoms with van der Waals surface area (Å²) in [4.78, 5) is 4.42. The number of aryl methyl sites for hydroxylation is 1. The molecular formula is C21H17FN2O2S. The molecule has 6 heteroatoms. The summed E-state index contributed by atoms with van der Waals surface area (Å²) in [7, 11) is 0. The maximum Gasteiger partial charge on any atom is 0.293 e. The van der Waals surface area contributed by atoms with Gasteiger partial charge in [-0.15, -0.1) is 11.8 Å². The number of hydrogen-bond donors (Lipinski definition) is 0. The Morgan fingerprint density at radius 2 is 1.89 bits per heavy atom. The van der Waals surface area contributed by atoms with E-state index in [1.54, 1.807) is 23.9 Å². The lowest BCUT2D eigenvalue weighted by molar-refractivity contribution is 0.413. The molecule has 0 fully saturated rings. The molecule has 27 heavy (non-hydrogen) atoms. The van der Waals surface area contributed by atoms with Crippen molar-refractivity contribution in [2.24, 2.45) is 0 Å². The highest BCUT2D eigenvalue weighted by Crippen LogP contribution is 2.27. The van der Waals surface area contributed by atoms with Crippen molar-refractivity contribution in [1.82, 2.24) is 10.1 Å². The van der Waals surface area contributed by atoms with Gasteiger partial charge in [-0.2, -0.15) is 4.98 Å². The van der Waals surface area contributed by atoms with Crippen LogP contribution in [0.4, 0.5) is 4.39 Å². The maximum absolute atomic E-state index is 13.6. The van der Waals surface area contributed by atoms with E-state index in [4.69, 9.17) is 8.94 Å². The van der Waals surface area contributed by atoms with Crippen LogP contribution in [0.3, 0.4) is 0 Å². The highest BCUT2D eigenvalue weighted by molar-refractivity contribution is 7.97. The van der Waals surface area contributed by atoms with Crippen molar-refractivity contribution >= 4 is 11.8 Å². The monoisotopic (exact) mass is 380 g/mol. The van der Waals surface area contributed by atoms with Crippen LogP contribution in [-0.4, -0.2) is 10.1 Å². The molecule has 0 atom stereocenters.